The Kier molecular flexibility index (Phi) is 4.45. The molecule has 1 aliphatic heterocycles. The van der Waals surface area contributed by atoms with E-state index in [1.807, 2.05) is 0 Å². The van der Waals surface area contributed by atoms with E-state index in [1.54, 1.807) is 30.0 Å². The first-order valence-corrected chi connectivity index (χ1v) is 6.57. The van der Waals surface area contributed by atoms with Gasteiger partial charge in [0.15, 0.2) is 0 Å². The van der Waals surface area contributed by atoms with Crippen LogP contribution in [0.4, 0.5) is 5.69 Å². The Morgan fingerprint density at radius 2 is 2.33 bits per heavy atom. The van der Waals surface area contributed by atoms with Crippen LogP contribution in [0.1, 0.15) is 22.3 Å². The SMILES string of the molecule is COC(=O)c1cccc(N2CC(CN=[N+]=[N-])CC2=O)c1C. The first-order valence-electron chi connectivity index (χ1n) is 6.57. The number of benzene rings is 1. The van der Waals surface area contributed by atoms with E-state index in [1.165, 1.54) is 7.11 Å². The van der Waals surface area contributed by atoms with Crippen molar-refractivity contribution in [2.75, 3.05) is 25.1 Å². The average Bonchev–Trinajstić information content (AvgIpc) is 2.85. The first kappa shape index (κ1) is 14.9. The second kappa shape index (κ2) is 6.28. The van der Waals surface area contributed by atoms with Gasteiger partial charge in [-0.2, -0.15) is 0 Å². The van der Waals surface area contributed by atoms with E-state index in [4.69, 9.17) is 10.3 Å². The van der Waals surface area contributed by atoms with Gasteiger partial charge < -0.3 is 9.64 Å². The summed E-state index contributed by atoms with van der Waals surface area (Å²) in [6.45, 7) is 2.58. The lowest BCUT2D eigenvalue weighted by atomic mass is 10.1. The van der Waals surface area contributed by atoms with Crippen LogP contribution in [0.5, 0.6) is 0 Å². The Labute approximate surface area is 122 Å². The second-order valence-corrected chi connectivity index (χ2v) is 4.93. The van der Waals surface area contributed by atoms with Gasteiger partial charge in [0.25, 0.3) is 0 Å². The maximum absolute atomic E-state index is 12.1. The number of amides is 1. The minimum Gasteiger partial charge on any atom is -0.465 e. The van der Waals surface area contributed by atoms with Crippen LogP contribution < -0.4 is 4.90 Å². The number of anilines is 1. The highest BCUT2D eigenvalue weighted by Gasteiger charge is 2.31. The highest BCUT2D eigenvalue weighted by atomic mass is 16.5. The maximum Gasteiger partial charge on any atom is 0.338 e. The summed E-state index contributed by atoms with van der Waals surface area (Å²) in [5, 5.41) is 3.53. The van der Waals surface area contributed by atoms with Gasteiger partial charge in [0.2, 0.25) is 5.91 Å². The van der Waals surface area contributed by atoms with Crippen LogP contribution >= 0.6 is 0 Å². The van der Waals surface area contributed by atoms with Gasteiger partial charge in [-0.1, -0.05) is 11.2 Å². The second-order valence-electron chi connectivity index (χ2n) is 4.93. The number of hydrogen-bond acceptors (Lipinski definition) is 4. The molecule has 1 heterocycles. The topological polar surface area (TPSA) is 95.4 Å². The normalized spacial score (nSPS) is 17.5. The molecule has 110 valence electrons. The molecule has 0 saturated carbocycles. The minimum absolute atomic E-state index is 0.00887. The summed E-state index contributed by atoms with van der Waals surface area (Å²) in [4.78, 5) is 28.2. The molecule has 7 nitrogen and oxygen atoms in total. The summed E-state index contributed by atoms with van der Waals surface area (Å²) in [6.07, 6.45) is 0.348. The Morgan fingerprint density at radius 3 is 3.00 bits per heavy atom. The van der Waals surface area contributed by atoms with Crippen LogP contribution in [-0.2, 0) is 9.53 Å². The molecule has 1 atom stereocenters. The summed E-state index contributed by atoms with van der Waals surface area (Å²) in [7, 11) is 1.32. The lowest BCUT2D eigenvalue weighted by Gasteiger charge is -2.20. The van der Waals surface area contributed by atoms with E-state index in [0.29, 0.717) is 36.3 Å². The van der Waals surface area contributed by atoms with Crippen molar-refractivity contribution in [3.63, 3.8) is 0 Å². The summed E-state index contributed by atoms with van der Waals surface area (Å²) in [5.41, 5.74) is 10.2. The van der Waals surface area contributed by atoms with E-state index >= 15 is 0 Å². The standard InChI is InChI=1S/C14H16N4O3/c1-9-11(14(20)21-2)4-3-5-12(9)18-8-10(6-13(18)19)7-16-17-15/h3-5,10H,6-8H2,1-2H3. The van der Waals surface area contributed by atoms with Crippen molar-refractivity contribution in [1.82, 2.24) is 0 Å². The van der Waals surface area contributed by atoms with Gasteiger partial charge in [0, 0.05) is 30.1 Å². The maximum atomic E-state index is 12.1. The van der Waals surface area contributed by atoms with Crippen LogP contribution in [0.15, 0.2) is 23.3 Å². The highest BCUT2D eigenvalue weighted by molar-refractivity contribution is 5.99. The molecule has 0 aromatic heterocycles. The Hall–Kier alpha value is -2.53. The molecule has 1 fully saturated rings. The fourth-order valence-corrected chi connectivity index (χ4v) is 2.54. The lowest BCUT2D eigenvalue weighted by molar-refractivity contribution is -0.117. The number of esters is 1. The molecule has 0 bridgehead atoms. The number of hydrogen-bond donors (Lipinski definition) is 0. The van der Waals surface area contributed by atoms with Gasteiger partial charge >= 0.3 is 5.97 Å². The molecule has 0 radical (unpaired) electrons. The van der Waals surface area contributed by atoms with Gasteiger partial charge in [-0.05, 0) is 36.1 Å². The lowest BCUT2D eigenvalue weighted by Crippen LogP contribution is -2.26. The average molecular weight is 288 g/mol. The quantitative estimate of drug-likeness (QED) is 0.368. The number of methoxy groups -OCH3 is 1. The van der Waals surface area contributed by atoms with Gasteiger partial charge in [-0.3, -0.25) is 4.79 Å². The molecule has 0 spiro atoms. The predicted molar refractivity (Wildman–Crippen MR) is 77.0 cm³/mol. The van der Waals surface area contributed by atoms with Crippen LogP contribution in [0.25, 0.3) is 10.4 Å². The monoisotopic (exact) mass is 288 g/mol. The van der Waals surface area contributed by atoms with Gasteiger partial charge in [-0.25, -0.2) is 4.79 Å². The number of carbonyl (C=O) groups excluding carboxylic acids is 2. The zero-order valence-electron chi connectivity index (χ0n) is 11.9. The molecule has 0 aliphatic carbocycles. The molecular formula is C14H16N4O3. The van der Waals surface area contributed by atoms with Crippen molar-refractivity contribution in [3.8, 4) is 0 Å². The van der Waals surface area contributed by atoms with Crippen LogP contribution in [0.2, 0.25) is 0 Å². The van der Waals surface area contributed by atoms with E-state index in [-0.39, 0.29) is 11.8 Å². The number of rotatable bonds is 4. The van der Waals surface area contributed by atoms with E-state index in [2.05, 4.69) is 10.0 Å². The molecule has 1 aromatic carbocycles. The zero-order chi connectivity index (χ0) is 15.4. The van der Waals surface area contributed by atoms with Crippen molar-refractivity contribution in [2.45, 2.75) is 13.3 Å². The number of carbonyl (C=O) groups is 2. The number of azide groups is 1. The van der Waals surface area contributed by atoms with Crippen molar-refractivity contribution < 1.29 is 14.3 Å². The van der Waals surface area contributed by atoms with Crippen LogP contribution in [0, 0.1) is 12.8 Å². The molecule has 2 rings (SSSR count). The Bertz CT molecular complexity index is 623. The van der Waals surface area contributed by atoms with Crippen molar-refractivity contribution in [2.24, 2.45) is 11.0 Å². The fraction of sp³-hybridized carbons (Fsp3) is 0.429. The fourth-order valence-electron chi connectivity index (χ4n) is 2.54. The summed E-state index contributed by atoms with van der Waals surface area (Å²) >= 11 is 0. The number of nitrogens with zero attached hydrogens (tertiary/aromatic N) is 4. The summed E-state index contributed by atoms with van der Waals surface area (Å²) < 4.78 is 4.74. The van der Waals surface area contributed by atoms with Gasteiger partial charge in [-0.15, -0.1) is 0 Å². The van der Waals surface area contributed by atoms with Crippen molar-refractivity contribution >= 4 is 17.6 Å². The molecule has 1 aliphatic rings. The Balaban J connectivity index is 2.28. The minimum atomic E-state index is -0.424. The van der Waals surface area contributed by atoms with E-state index in [0.717, 1.165) is 0 Å². The third-order valence-corrected chi connectivity index (χ3v) is 3.61. The highest BCUT2D eigenvalue weighted by Crippen LogP contribution is 2.30. The van der Waals surface area contributed by atoms with E-state index in [9.17, 15) is 9.59 Å². The first-order chi connectivity index (χ1) is 10.1. The van der Waals surface area contributed by atoms with Crippen molar-refractivity contribution in [1.29, 1.82) is 0 Å². The molecular weight excluding hydrogens is 272 g/mol. The van der Waals surface area contributed by atoms with E-state index < -0.39 is 5.97 Å². The summed E-state index contributed by atoms with van der Waals surface area (Å²) in [5.74, 6) is -0.445. The van der Waals surface area contributed by atoms with Crippen molar-refractivity contribution in [3.05, 3.63) is 39.8 Å². The van der Waals surface area contributed by atoms with Crippen LogP contribution in [0.3, 0.4) is 0 Å². The summed E-state index contributed by atoms with van der Waals surface area (Å²) in [6, 6.07) is 5.20. The van der Waals surface area contributed by atoms with Gasteiger partial charge in [0.1, 0.15) is 0 Å². The molecule has 21 heavy (non-hydrogen) atoms. The zero-order valence-corrected chi connectivity index (χ0v) is 11.9. The predicted octanol–water partition coefficient (Wildman–Crippen LogP) is 2.44. The molecule has 1 amide bonds. The molecule has 0 N–H and O–H groups in total. The largest absolute Gasteiger partial charge is 0.465 e. The third-order valence-electron chi connectivity index (χ3n) is 3.61. The number of ether oxygens (including phenoxy) is 1. The molecule has 1 saturated heterocycles. The van der Waals surface area contributed by atoms with Crippen LogP contribution in [-0.4, -0.2) is 32.1 Å². The van der Waals surface area contributed by atoms with Gasteiger partial charge in [0.05, 0.1) is 12.7 Å². The molecule has 1 unspecified atom stereocenters. The third kappa shape index (κ3) is 2.98. The Morgan fingerprint density at radius 1 is 1.57 bits per heavy atom. The molecule has 7 heteroatoms. The smallest absolute Gasteiger partial charge is 0.338 e. The molecule has 1 aromatic rings.